The van der Waals surface area contributed by atoms with Crippen LogP contribution in [0.4, 0.5) is 5.69 Å². The highest BCUT2D eigenvalue weighted by Gasteiger charge is 2.27. The summed E-state index contributed by atoms with van der Waals surface area (Å²) in [5, 5.41) is 0. The third-order valence-corrected chi connectivity index (χ3v) is 5.47. The molecular weight excluding hydrogens is 338 g/mol. The van der Waals surface area contributed by atoms with Crippen molar-refractivity contribution in [2.75, 3.05) is 18.6 Å². The van der Waals surface area contributed by atoms with E-state index in [0.717, 1.165) is 35.4 Å². The van der Waals surface area contributed by atoms with Gasteiger partial charge < -0.3 is 9.64 Å². The molecule has 0 unspecified atom stereocenters. The zero-order valence-electron chi connectivity index (χ0n) is 16.6. The number of fused-ring (bicyclic) bond motifs is 1. The monoisotopic (exact) mass is 365 g/mol. The predicted molar refractivity (Wildman–Crippen MR) is 108 cm³/mol. The maximum atomic E-state index is 12.9. The number of amides is 1. The number of ether oxygens (including phenoxy) is 1. The van der Waals surface area contributed by atoms with Crippen LogP contribution in [0, 0.1) is 20.8 Å². The van der Waals surface area contributed by atoms with E-state index in [1.54, 1.807) is 12.0 Å². The molecule has 1 amide bonds. The molecule has 0 saturated carbocycles. The molecule has 0 N–H and O–H groups in total. The molecule has 0 spiro atoms. The number of hydrogen-bond acceptors (Lipinski definition) is 3. The van der Waals surface area contributed by atoms with Crippen LogP contribution >= 0.6 is 0 Å². The minimum Gasteiger partial charge on any atom is -0.495 e. The molecule has 1 aliphatic rings. The highest BCUT2D eigenvalue weighted by Crippen LogP contribution is 2.38. The van der Waals surface area contributed by atoms with E-state index in [1.165, 1.54) is 11.1 Å². The van der Waals surface area contributed by atoms with Gasteiger partial charge in [0.05, 0.1) is 12.8 Å². The van der Waals surface area contributed by atoms with Gasteiger partial charge in [-0.15, -0.1) is 0 Å². The number of nitrogens with zero attached hydrogens (tertiary/aromatic N) is 1. The molecule has 0 atom stereocenters. The van der Waals surface area contributed by atoms with Crippen LogP contribution in [0.2, 0.25) is 0 Å². The Hall–Kier alpha value is -2.62. The standard InChI is InChI=1S/C23H27NO3/c1-15-7-9-18(14-17(15)3)20(25)10-12-22(26)24-13-5-6-19-16(2)8-11-21(27-4)23(19)24/h7-9,11,14H,5-6,10,12-13H2,1-4H3. The minimum atomic E-state index is -0.0166. The molecule has 0 aliphatic carbocycles. The number of anilines is 1. The lowest BCUT2D eigenvalue weighted by molar-refractivity contribution is -0.118. The molecule has 0 aromatic heterocycles. The fourth-order valence-electron chi connectivity index (χ4n) is 3.68. The topological polar surface area (TPSA) is 46.6 Å². The van der Waals surface area contributed by atoms with Crippen molar-refractivity contribution in [1.82, 2.24) is 0 Å². The number of carbonyl (C=O) groups excluding carboxylic acids is 2. The summed E-state index contributed by atoms with van der Waals surface area (Å²) in [6, 6.07) is 9.66. The van der Waals surface area contributed by atoms with Crippen molar-refractivity contribution >= 4 is 17.4 Å². The summed E-state index contributed by atoms with van der Waals surface area (Å²) in [6.45, 7) is 6.76. The number of methoxy groups -OCH3 is 1. The van der Waals surface area contributed by atoms with Crippen molar-refractivity contribution in [1.29, 1.82) is 0 Å². The first-order chi connectivity index (χ1) is 12.9. The van der Waals surface area contributed by atoms with Gasteiger partial charge in [-0.05, 0) is 68.0 Å². The van der Waals surface area contributed by atoms with E-state index in [2.05, 4.69) is 6.92 Å². The summed E-state index contributed by atoms with van der Waals surface area (Å²) in [4.78, 5) is 27.2. The second-order valence-corrected chi connectivity index (χ2v) is 7.28. The van der Waals surface area contributed by atoms with Crippen LogP contribution in [0.15, 0.2) is 30.3 Å². The van der Waals surface area contributed by atoms with Gasteiger partial charge in [-0.1, -0.05) is 18.2 Å². The maximum Gasteiger partial charge on any atom is 0.227 e. The summed E-state index contributed by atoms with van der Waals surface area (Å²) < 4.78 is 5.51. The lowest BCUT2D eigenvalue weighted by Crippen LogP contribution is -2.36. The van der Waals surface area contributed by atoms with Gasteiger partial charge in [-0.2, -0.15) is 0 Å². The van der Waals surface area contributed by atoms with E-state index in [0.29, 0.717) is 12.1 Å². The maximum absolute atomic E-state index is 12.9. The molecule has 0 radical (unpaired) electrons. The van der Waals surface area contributed by atoms with E-state index >= 15 is 0 Å². The number of carbonyl (C=O) groups is 2. The van der Waals surface area contributed by atoms with Gasteiger partial charge in [-0.3, -0.25) is 9.59 Å². The molecule has 4 heteroatoms. The van der Waals surface area contributed by atoms with Crippen molar-refractivity contribution in [3.8, 4) is 5.75 Å². The summed E-state index contributed by atoms with van der Waals surface area (Å²) in [5.41, 5.74) is 6.17. The fraction of sp³-hybridized carbons (Fsp3) is 0.391. The van der Waals surface area contributed by atoms with E-state index in [1.807, 2.05) is 44.2 Å². The molecule has 1 aliphatic heterocycles. The van der Waals surface area contributed by atoms with Crippen LogP contribution in [0.1, 0.15) is 51.9 Å². The Labute approximate surface area is 161 Å². The number of benzene rings is 2. The molecule has 142 valence electrons. The summed E-state index contributed by atoms with van der Waals surface area (Å²) in [7, 11) is 1.63. The van der Waals surface area contributed by atoms with Crippen molar-refractivity contribution in [2.24, 2.45) is 0 Å². The summed E-state index contributed by atoms with van der Waals surface area (Å²) >= 11 is 0. The molecule has 27 heavy (non-hydrogen) atoms. The van der Waals surface area contributed by atoms with E-state index in [-0.39, 0.29) is 24.5 Å². The Kier molecular flexibility index (Phi) is 5.64. The zero-order chi connectivity index (χ0) is 19.6. The second-order valence-electron chi connectivity index (χ2n) is 7.28. The third-order valence-electron chi connectivity index (χ3n) is 5.47. The number of rotatable bonds is 5. The molecule has 4 nitrogen and oxygen atoms in total. The van der Waals surface area contributed by atoms with Crippen LogP contribution in [-0.4, -0.2) is 25.3 Å². The molecular formula is C23H27NO3. The van der Waals surface area contributed by atoms with E-state index in [4.69, 9.17) is 4.74 Å². The van der Waals surface area contributed by atoms with Crippen LogP contribution in [0.3, 0.4) is 0 Å². The number of Topliss-reactive ketones (excluding diaryl/α,β-unsaturated/α-hetero) is 1. The number of hydrogen-bond donors (Lipinski definition) is 0. The first-order valence-electron chi connectivity index (χ1n) is 9.49. The Morgan fingerprint density at radius 1 is 1.00 bits per heavy atom. The molecule has 0 bridgehead atoms. The average molecular weight is 365 g/mol. The van der Waals surface area contributed by atoms with Crippen LogP contribution in [0.5, 0.6) is 5.75 Å². The first-order valence-corrected chi connectivity index (χ1v) is 9.49. The lowest BCUT2D eigenvalue weighted by atomic mass is 9.95. The molecule has 3 rings (SSSR count). The van der Waals surface area contributed by atoms with Gasteiger partial charge in [-0.25, -0.2) is 0 Å². The van der Waals surface area contributed by atoms with Crippen LogP contribution in [0.25, 0.3) is 0 Å². The van der Waals surface area contributed by atoms with Crippen LogP contribution < -0.4 is 9.64 Å². The predicted octanol–water partition coefficient (Wildman–Crippen LogP) is 4.56. The largest absolute Gasteiger partial charge is 0.495 e. The van der Waals surface area contributed by atoms with Crippen LogP contribution in [-0.2, 0) is 11.2 Å². The average Bonchev–Trinajstić information content (AvgIpc) is 2.68. The molecule has 2 aromatic carbocycles. The molecule has 1 heterocycles. The summed E-state index contributed by atoms with van der Waals surface area (Å²) in [6.07, 6.45) is 2.31. The Balaban J connectivity index is 1.75. The van der Waals surface area contributed by atoms with Gasteiger partial charge in [0, 0.05) is 24.9 Å². The summed E-state index contributed by atoms with van der Waals surface area (Å²) in [5.74, 6) is 0.723. The highest BCUT2D eigenvalue weighted by atomic mass is 16.5. The van der Waals surface area contributed by atoms with Crippen molar-refractivity contribution in [2.45, 2.75) is 46.5 Å². The molecule has 2 aromatic rings. The normalized spacial score (nSPS) is 13.3. The lowest BCUT2D eigenvalue weighted by Gasteiger charge is -2.32. The second kappa shape index (κ2) is 7.95. The Bertz CT molecular complexity index is 885. The number of aryl methyl sites for hydroxylation is 3. The fourth-order valence-corrected chi connectivity index (χ4v) is 3.68. The van der Waals surface area contributed by atoms with Crippen molar-refractivity contribution < 1.29 is 14.3 Å². The SMILES string of the molecule is COc1ccc(C)c2c1N(C(=O)CCC(=O)c1ccc(C)c(C)c1)CCC2. The zero-order valence-corrected chi connectivity index (χ0v) is 16.6. The number of ketones is 1. The highest BCUT2D eigenvalue weighted by molar-refractivity contribution is 6.02. The Morgan fingerprint density at radius 3 is 2.44 bits per heavy atom. The molecule has 0 saturated heterocycles. The van der Waals surface area contributed by atoms with Gasteiger partial charge in [0.2, 0.25) is 5.91 Å². The quantitative estimate of drug-likeness (QED) is 0.730. The van der Waals surface area contributed by atoms with Gasteiger partial charge in [0.15, 0.2) is 5.78 Å². The van der Waals surface area contributed by atoms with Gasteiger partial charge in [0.1, 0.15) is 5.75 Å². The minimum absolute atomic E-state index is 0.0138. The third kappa shape index (κ3) is 3.90. The smallest absolute Gasteiger partial charge is 0.227 e. The van der Waals surface area contributed by atoms with E-state index < -0.39 is 0 Å². The van der Waals surface area contributed by atoms with Crippen molar-refractivity contribution in [3.63, 3.8) is 0 Å². The van der Waals surface area contributed by atoms with Gasteiger partial charge >= 0.3 is 0 Å². The molecule has 0 fully saturated rings. The van der Waals surface area contributed by atoms with Gasteiger partial charge in [0.25, 0.3) is 0 Å². The van der Waals surface area contributed by atoms with E-state index in [9.17, 15) is 9.59 Å². The first kappa shape index (κ1) is 19.2. The Morgan fingerprint density at radius 2 is 1.74 bits per heavy atom. The van der Waals surface area contributed by atoms with Crippen molar-refractivity contribution in [3.05, 3.63) is 58.1 Å².